The predicted molar refractivity (Wildman–Crippen MR) is 85.6 cm³/mol. The quantitative estimate of drug-likeness (QED) is 0.552. The van der Waals surface area contributed by atoms with Crippen molar-refractivity contribution in [3.8, 4) is 17.2 Å². The van der Waals surface area contributed by atoms with Gasteiger partial charge in [-0.15, -0.1) is 0 Å². The lowest BCUT2D eigenvalue weighted by Gasteiger charge is -2.16. The molecule has 0 spiro atoms. The van der Waals surface area contributed by atoms with Crippen molar-refractivity contribution in [2.75, 3.05) is 25.7 Å². The molecule has 0 amide bonds. The third-order valence-corrected chi connectivity index (χ3v) is 3.53. The van der Waals surface area contributed by atoms with E-state index in [4.69, 9.17) is 14.2 Å². The van der Waals surface area contributed by atoms with Gasteiger partial charge in [-0.25, -0.2) is 0 Å². The Bertz CT molecular complexity index is 569. The van der Waals surface area contributed by atoms with Crippen LogP contribution < -0.4 is 14.2 Å². The standard InChI is InChI=1S/C16H19BrO3/c1-3-19-16-13-8-5-4-7-12(13)14(11-15(16)18-2)20-10-6-9-17/h4-5,7-8,11H,3,6,9-10H2,1-2H3. The van der Waals surface area contributed by atoms with Crippen LogP contribution >= 0.6 is 15.9 Å². The summed E-state index contributed by atoms with van der Waals surface area (Å²) in [5.74, 6) is 2.32. The van der Waals surface area contributed by atoms with Gasteiger partial charge in [0.05, 0.1) is 20.3 Å². The average molecular weight is 339 g/mol. The number of halogens is 1. The minimum absolute atomic E-state index is 0.601. The number of rotatable bonds is 7. The molecule has 0 aliphatic carbocycles. The largest absolute Gasteiger partial charge is 0.493 e. The van der Waals surface area contributed by atoms with Gasteiger partial charge in [0.25, 0.3) is 0 Å². The Morgan fingerprint density at radius 2 is 1.80 bits per heavy atom. The molecule has 0 aliphatic heterocycles. The van der Waals surface area contributed by atoms with Gasteiger partial charge in [0.1, 0.15) is 5.75 Å². The lowest BCUT2D eigenvalue weighted by atomic mass is 10.1. The molecule has 2 rings (SSSR count). The maximum Gasteiger partial charge on any atom is 0.169 e. The Hall–Kier alpha value is -1.42. The van der Waals surface area contributed by atoms with Gasteiger partial charge >= 0.3 is 0 Å². The second kappa shape index (κ2) is 7.39. The normalized spacial score (nSPS) is 10.6. The van der Waals surface area contributed by atoms with E-state index in [1.807, 2.05) is 37.3 Å². The summed E-state index contributed by atoms with van der Waals surface area (Å²) in [6.45, 7) is 3.24. The van der Waals surface area contributed by atoms with Crippen LogP contribution in [0.15, 0.2) is 30.3 Å². The predicted octanol–water partition coefficient (Wildman–Crippen LogP) is 4.41. The minimum atomic E-state index is 0.601. The molecule has 0 saturated carbocycles. The molecular formula is C16H19BrO3. The Kier molecular flexibility index (Phi) is 5.53. The molecule has 0 aromatic heterocycles. The summed E-state index contributed by atoms with van der Waals surface area (Å²) < 4.78 is 17.0. The number of fused-ring (bicyclic) bond motifs is 1. The highest BCUT2D eigenvalue weighted by Crippen LogP contribution is 2.41. The zero-order valence-electron chi connectivity index (χ0n) is 11.8. The first kappa shape index (κ1) is 15.0. The van der Waals surface area contributed by atoms with Gasteiger partial charge in [0.15, 0.2) is 11.5 Å². The smallest absolute Gasteiger partial charge is 0.169 e. The van der Waals surface area contributed by atoms with Gasteiger partial charge in [-0.2, -0.15) is 0 Å². The van der Waals surface area contributed by atoms with Crippen molar-refractivity contribution in [1.29, 1.82) is 0 Å². The fraction of sp³-hybridized carbons (Fsp3) is 0.375. The first-order chi connectivity index (χ1) is 9.81. The first-order valence-electron chi connectivity index (χ1n) is 6.73. The van der Waals surface area contributed by atoms with Gasteiger partial charge in [-0.1, -0.05) is 40.2 Å². The van der Waals surface area contributed by atoms with E-state index in [-0.39, 0.29) is 0 Å². The van der Waals surface area contributed by atoms with Crippen LogP contribution in [0.25, 0.3) is 10.8 Å². The maximum absolute atomic E-state index is 5.87. The maximum atomic E-state index is 5.87. The van der Waals surface area contributed by atoms with E-state index in [2.05, 4.69) is 15.9 Å². The summed E-state index contributed by atoms with van der Waals surface area (Å²) in [4.78, 5) is 0. The summed E-state index contributed by atoms with van der Waals surface area (Å²) in [5, 5.41) is 2.99. The molecular weight excluding hydrogens is 320 g/mol. The van der Waals surface area contributed by atoms with Crippen LogP contribution in [0, 0.1) is 0 Å². The van der Waals surface area contributed by atoms with E-state index < -0.39 is 0 Å². The molecule has 0 fully saturated rings. The van der Waals surface area contributed by atoms with Crippen LogP contribution in [0.2, 0.25) is 0 Å². The average Bonchev–Trinajstić information content (AvgIpc) is 2.49. The van der Waals surface area contributed by atoms with Crippen molar-refractivity contribution in [1.82, 2.24) is 0 Å². The van der Waals surface area contributed by atoms with Crippen LogP contribution in [-0.4, -0.2) is 25.7 Å². The lowest BCUT2D eigenvalue weighted by Crippen LogP contribution is -2.01. The fourth-order valence-corrected chi connectivity index (χ4v) is 2.32. The van der Waals surface area contributed by atoms with E-state index in [0.717, 1.165) is 34.0 Å². The van der Waals surface area contributed by atoms with E-state index in [1.54, 1.807) is 7.11 Å². The Morgan fingerprint density at radius 3 is 2.45 bits per heavy atom. The molecule has 108 valence electrons. The molecule has 0 atom stereocenters. The molecule has 0 unspecified atom stereocenters. The van der Waals surface area contributed by atoms with Gasteiger partial charge in [0.2, 0.25) is 0 Å². The number of alkyl halides is 1. The molecule has 4 heteroatoms. The van der Waals surface area contributed by atoms with Gasteiger partial charge < -0.3 is 14.2 Å². The van der Waals surface area contributed by atoms with E-state index in [0.29, 0.717) is 19.0 Å². The third-order valence-electron chi connectivity index (χ3n) is 2.97. The second-order valence-corrected chi connectivity index (χ2v) is 5.07. The van der Waals surface area contributed by atoms with Crippen molar-refractivity contribution >= 4 is 26.7 Å². The van der Waals surface area contributed by atoms with Crippen molar-refractivity contribution < 1.29 is 14.2 Å². The number of ether oxygens (including phenoxy) is 3. The van der Waals surface area contributed by atoms with Crippen molar-refractivity contribution in [2.45, 2.75) is 13.3 Å². The highest BCUT2D eigenvalue weighted by molar-refractivity contribution is 9.09. The zero-order chi connectivity index (χ0) is 14.4. The molecule has 20 heavy (non-hydrogen) atoms. The molecule has 2 aromatic carbocycles. The van der Waals surface area contributed by atoms with Gasteiger partial charge in [-0.05, 0) is 13.3 Å². The van der Waals surface area contributed by atoms with E-state index in [9.17, 15) is 0 Å². The van der Waals surface area contributed by atoms with Crippen LogP contribution in [0.4, 0.5) is 0 Å². The monoisotopic (exact) mass is 338 g/mol. The molecule has 0 heterocycles. The topological polar surface area (TPSA) is 27.7 Å². The van der Waals surface area contributed by atoms with Crippen molar-refractivity contribution in [3.05, 3.63) is 30.3 Å². The summed E-state index contributed by atoms with van der Waals surface area (Å²) in [6.07, 6.45) is 0.962. The summed E-state index contributed by atoms with van der Waals surface area (Å²) in [6, 6.07) is 9.97. The van der Waals surface area contributed by atoms with E-state index >= 15 is 0 Å². The Labute approximate surface area is 128 Å². The van der Waals surface area contributed by atoms with Crippen LogP contribution in [0.3, 0.4) is 0 Å². The third kappa shape index (κ3) is 3.18. The number of benzene rings is 2. The first-order valence-corrected chi connectivity index (χ1v) is 7.85. The Morgan fingerprint density at radius 1 is 1.05 bits per heavy atom. The number of hydrogen-bond donors (Lipinski definition) is 0. The molecule has 0 saturated heterocycles. The van der Waals surface area contributed by atoms with Gasteiger partial charge in [0, 0.05) is 22.2 Å². The molecule has 0 radical (unpaired) electrons. The van der Waals surface area contributed by atoms with Crippen LogP contribution in [-0.2, 0) is 0 Å². The van der Waals surface area contributed by atoms with Crippen molar-refractivity contribution in [3.63, 3.8) is 0 Å². The fourth-order valence-electron chi connectivity index (χ4n) is 2.09. The SMILES string of the molecule is CCOc1c(OC)cc(OCCCBr)c2ccccc12. The Balaban J connectivity index is 2.49. The highest BCUT2D eigenvalue weighted by atomic mass is 79.9. The van der Waals surface area contributed by atoms with Gasteiger partial charge in [-0.3, -0.25) is 0 Å². The molecule has 0 N–H and O–H groups in total. The summed E-state index contributed by atoms with van der Waals surface area (Å²) in [7, 11) is 1.65. The summed E-state index contributed by atoms with van der Waals surface area (Å²) in [5.41, 5.74) is 0. The highest BCUT2D eigenvalue weighted by Gasteiger charge is 2.14. The lowest BCUT2D eigenvalue weighted by molar-refractivity contribution is 0.304. The van der Waals surface area contributed by atoms with Crippen LogP contribution in [0.1, 0.15) is 13.3 Å². The minimum Gasteiger partial charge on any atom is -0.493 e. The number of methoxy groups -OCH3 is 1. The van der Waals surface area contributed by atoms with E-state index in [1.165, 1.54) is 0 Å². The van der Waals surface area contributed by atoms with Crippen LogP contribution in [0.5, 0.6) is 17.2 Å². The molecule has 0 aliphatic rings. The molecule has 3 nitrogen and oxygen atoms in total. The van der Waals surface area contributed by atoms with Crippen molar-refractivity contribution in [2.24, 2.45) is 0 Å². The molecule has 0 bridgehead atoms. The second-order valence-electron chi connectivity index (χ2n) is 4.28. The number of hydrogen-bond acceptors (Lipinski definition) is 3. The molecule has 2 aromatic rings. The summed E-state index contributed by atoms with van der Waals surface area (Å²) >= 11 is 3.41. The zero-order valence-corrected chi connectivity index (χ0v) is 13.4.